The number of piperidine rings is 1. The second-order valence-corrected chi connectivity index (χ2v) is 7.76. The zero-order valence-electron chi connectivity index (χ0n) is 16.8. The van der Waals surface area contributed by atoms with Crippen LogP contribution >= 0.6 is 0 Å². The van der Waals surface area contributed by atoms with Gasteiger partial charge in [-0.25, -0.2) is 9.37 Å². The Morgan fingerprint density at radius 2 is 1.72 bits per heavy atom. The van der Waals surface area contributed by atoms with Crippen molar-refractivity contribution in [2.45, 2.75) is 32.7 Å². The Morgan fingerprint density at radius 1 is 1.00 bits per heavy atom. The van der Waals surface area contributed by atoms with Crippen LogP contribution in [0.4, 0.5) is 16.2 Å². The average Bonchev–Trinajstić information content (AvgIpc) is 2.74. The third-order valence-electron chi connectivity index (χ3n) is 5.52. The number of nitrogens with zero attached hydrogens (tertiary/aromatic N) is 3. The summed E-state index contributed by atoms with van der Waals surface area (Å²) in [4.78, 5) is 11.6. The van der Waals surface area contributed by atoms with Crippen molar-refractivity contribution in [3.63, 3.8) is 0 Å². The molecule has 0 spiro atoms. The van der Waals surface area contributed by atoms with Gasteiger partial charge in [0, 0.05) is 37.0 Å². The van der Waals surface area contributed by atoms with Gasteiger partial charge in [-0.3, -0.25) is 0 Å². The molecule has 0 radical (unpaired) electrons. The largest absolute Gasteiger partial charge is 0.366 e. The lowest BCUT2D eigenvalue weighted by Gasteiger charge is -2.32. The van der Waals surface area contributed by atoms with E-state index >= 15 is 0 Å². The molecule has 4 rings (SSSR count). The van der Waals surface area contributed by atoms with Gasteiger partial charge < -0.3 is 10.2 Å². The van der Waals surface area contributed by atoms with Gasteiger partial charge in [0.05, 0.1) is 0 Å². The predicted octanol–water partition coefficient (Wildman–Crippen LogP) is 5.00. The molecule has 0 bridgehead atoms. The molecule has 1 saturated heterocycles. The van der Waals surface area contributed by atoms with Crippen LogP contribution in [0, 0.1) is 18.7 Å². The second kappa shape index (κ2) is 9.03. The Balaban J connectivity index is 1.37. The Morgan fingerprint density at radius 3 is 2.48 bits per heavy atom. The summed E-state index contributed by atoms with van der Waals surface area (Å²) in [5, 5.41) is 3.25. The predicted molar refractivity (Wildman–Crippen MR) is 116 cm³/mol. The molecule has 150 valence electrons. The highest BCUT2D eigenvalue weighted by Gasteiger charge is 2.21. The van der Waals surface area contributed by atoms with Gasteiger partial charge in [-0.2, -0.15) is 4.98 Å². The number of rotatable bonds is 6. The summed E-state index contributed by atoms with van der Waals surface area (Å²) in [6, 6.07) is 19.4. The average molecular weight is 391 g/mol. The molecule has 1 aliphatic heterocycles. The number of hydrogen-bond donors (Lipinski definition) is 1. The molecule has 29 heavy (non-hydrogen) atoms. The summed E-state index contributed by atoms with van der Waals surface area (Å²) in [5.74, 6) is 2.00. The van der Waals surface area contributed by atoms with Crippen molar-refractivity contribution in [2.24, 2.45) is 5.92 Å². The van der Waals surface area contributed by atoms with Crippen LogP contribution < -0.4 is 10.2 Å². The summed E-state index contributed by atoms with van der Waals surface area (Å²) in [6.45, 7) is 4.31. The van der Waals surface area contributed by atoms with Crippen LogP contribution in [0.15, 0.2) is 60.7 Å². The quantitative estimate of drug-likeness (QED) is 0.643. The van der Waals surface area contributed by atoms with E-state index in [-0.39, 0.29) is 5.82 Å². The van der Waals surface area contributed by atoms with Crippen LogP contribution in [0.1, 0.15) is 29.7 Å². The van der Waals surface area contributed by atoms with Crippen LogP contribution in [0.2, 0.25) is 0 Å². The Bertz CT molecular complexity index is 937. The maximum Gasteiger partial charge on any atom is 0.227 e. The molecule has 0 unspecified atom stereocenters. The molecule has 1 N–H and O–H groups in total. The van der Waals surface area contributed by atoms with E-state index < -0.39 is 0 Å². The fourth-order valence-electron chi connectivity index (χ4n) is 3.90. The number of aryl methyl sites for hydroxylation is 1. The summed E-state index contributed by atoms with van der Waals surface area (Å²) in [7, 11) is 0. The minimum atomic E-state index is -0.202. The van der Waals surface area contributed by atoms with E-state index in [1.807, 2.05) is 19.1 Å². The molecule has 1 fully saturated rings. The van der Waals surface area contributed by atoms with Gasteiger partial charge in [-0.05, 0) is 43.7 Å². The van der Waals surface area contributed by atoms with E-state index in [4.69, 9.17) is 4.98 Å². The van der Waals surface area contributed by atoms with E-state index in [2.05, 4.69) is 45.5 Å². The third kappa shape index (κ3) is 5.11. The zero-order valence-corrected chi connectivity index (χ0v) is 16.8. The number of aromatic nitrogens is 2. The topological polar surface area (TPSA) is 41.1 Å². The van der Waals surface area contributed by atoms with Gasteiger partial charge in [-0.1, -0.05) is 48.5 Å². The highest BCUT2D eigenvalue weighted by atomic mass is 19.1. The van der Waals surface area contributed by atoms with Crippen molar-refractivity contribution in [3.8, 4) is 0 Å². The van der Waals surface area contributed by atoms with E-state index in [0.29, 0.717) is 18.0 Å². The lowest BCUT2D eigenvalue weighted by Crippen LogP contribution is -2.35. The minimum absolute atomic E-state index is 0.202. The zero-order chi connectivity index (χ0) is 20.1. The lowest BCUT2D eigenvalue weighted by atomic mass is 9.90. The first-order valence-electron chi connectivity index (χ1n) is 10.3. The number of anilines is 2. The Hall–Kier alpha value is -2.95. The van der Waals surface area contributed by atoms with Crippen molar-refractivity contribution in [3.05, 3.63) is 83.3 Å². The van der Waals surface area contributed by atoms with E-state index in [9.17, 15) is 4.39 Å². The van der Waals surface area contributed by atoms with Gasteiger partial charge in [-0.15, -0.1) is 0 Å². The molecule has 4 nitrogen and oxygen atoms in total. The number of halogens is 1. The molecule has 2 aromatic carbocycles. The highest BCUT2D eigenvalue weighted by Crippen LogP contribution is 2.25. The maximum absolute atomic E-state index is 13.9. The minimum Gasteiger partial charge on any atom is -0.366 e. The highest BCUT2D eigenvalue weighted by molar-refractivity contribution is 5.44. The van der Waals surface area contributed by atoms with Gasteiger partial charge in [0.25, 0.3) is 0 Å². The lowest BCUT2D eigenvalue weighted by molar-refractivity contribution is 0.400. The standard InChI is InChI=1S/C24H27FN4/c1-18-15-23(26-17-21-9-5-6-10-22(21)25)28-24(27-18)29-13-11-20(12-14-29)16-19-7-3-2-4-8-19/h2-10,15,20H,11-14,16-17H2,1H3,(H,26,27,28). The van der Waals surface area contributed by atoms with Gasteiger partial charge in [0.15, 0.2) is 0 Å². The van der Waals surface area contributed by atoms with Gasteiger partial charge in [0.1, 0.15) is 11.6 Å². The Kier molecular flexibility index (Phi) is 6.03. The van der Waals surface area contributed by atoms with E-state index in [1.165, 1.54) is 11.6 Å². The summed E-state index contributed by atoms with van der Waals surface area (Å²) in [6.07, 6.45) is 3.42. The fraction of sp³-hybridized carbons (Fsp3) is 0.333. The number of nitrogens with one attached hydrogen (secondary N) is 1. The summed E-state index contributed by atoms with van der Waals surface area (Å²) in [5.41, 5.74) is 2.96. The first-order chi connectivity index (χ1) is 14.2. The SMILES string of the molecule is Cc1cc(NCc2ccccc2F)nc(N2CCC(Cc3ccccc3)CC2)n1. The van der Waals surface area contributed by atoms with Crippen LogP contribution in [-0.4, -0.2) is 23.1 Å². The molecule has 1 aliphatic rings. The van der Waals surface area contributed by atoms with Gasteiger partial charge >= 0.3 is 0 Å². The molecular weight excluding hydrogens is 363 g/mol. The van der Waals surface area contributed by atoms with Crippen molar-refractivity contribution in [1.29, 1.82) is 0 Å². The molecule has 1 aromatic heterocycles. The van der Waals surface area contributed by atoms with Crippen molar-refractivity contribution in [1.82, 2.24) is 9.97 Å². The Labute approximate surface area is 171 Å². The van der Waals surface area contributed by atoms with Crippen LogP contribution in [-0.2, 0) is 13.0 Å². The smallest absolute Gasteiger partial charge is 0.227 e. The second-order valence-electron chi connectivity index (χ2n) is 7.76. The summed E-state index contributed by atoms with van der Waals surface area (Å²) < 4.78 is 13.9. The van der Waals surface area contributed by atoms with E-state index in [0.717, 1.165) is 49.8 Å². The fourth-order valence-corrected chi connectivity index (χ4v) is 3.90. The first-order valence-corrected chi connectivity index (χ1v) is 10.3. The first kappa shape index (κ1) is 19.4. The van der Waals surface area contributed by atoms with Crippen molar-refractivity contribution in [2.75, 3.05) is 23.3 Å². The van der Waals surface area contributed by atoms with Gasteiger partial charge in [0.2, 0.25) is 5.95 Å². The molecule has 3 aromatic rings. The van der Waals surface area contributed by atoms with Crippen LogP contribution in [0.3, 0.4) is 0 Å². The maximum atomic E-state index is 13.9. The normalized spacial score (nSPS) is 14.8. The summed E-state index contributed by atoms with van der Waals surface area (Å²) >= 11 is 0. The van der Waals surface area contributed by atoms with E-state index in [1.54, 1.807) is 12.1 Å². The molecular formula is C24H27FN4. The van der Waals surface area contributed by atoms with Crippen molar-refractivity contribution < 1.29 is 4.39 Å². The van der Waals surface area contributed by atoms with Crippen molar-refractivity contribution >= 4 is 11.8 Å². The molecule has 0 saturated carbocycles. The molecule has 0 aliphatic carbocycles. The molecule has 0 atom stereocenters. The van der Waals surface area contributed by atoms with Crippen LogP contribution in [0.25, 0.3) is 0 Å². The number of benzene rings is 2. The number of hydrogen-bond acceptors (Lipinski definition) is 4. The third-order valence-corrected chi connectivity index (χ3v) is 5.52. The molecule has 0 amide bonds. The monoisotopic (exact) mass is 390 g/mol. The van der Waals surface area contributed by atoms with Crippen LogP contribution in [0.5, 0.6) is 0 Å². The molecule has 2 heterocycles. The molecule has 5 heteroatoms.